The van der Waals surface area contributed by atoms with Gasteiger partial charge in [0.05, 0.1) is 4.90 Å². The maximum atomic E-state index is 13.7. The van der Waals surface area contributed by atoms with Crippen molar-refractivity contribution in [2.24, 2.45) is 0 Å². The Balaban J connectivity index is 2.79. The first kappa shape index (κ1) is 13.1. The fourth-order valence-electron chi connectivity index (χ4n) is 1.75. The first-order valence-corrected chi connectivity index (χ1v) is 7.51. The molecule has 0 atom stereocenters. The van der Waals surface area contributed by atoms with Gasteiger partial charge in [-0.15, -0.1) is 0 Å². The number of benzene rings is 2. The van der Waals surface area contributed by atoms with Gasteiger partial charge in [0, 0.05) is 21.8 Å². The van der Waals surface area contributed by atoms with Crippen molar-refractivity contribution in [2.45, 2.75) is 11.8 Å². The maximum absolute atomic E-state index is 13.7. The third-order valence-corrected chi connectivity index (χ3v) is 3.94. The lowest BCUT2D eigenvalue weighted by Crippen LogP contribution is -1.96. The van der Waals surface area contributed by atoms with Crippen LogP contribution in [0, 0.1) is 12.7 Å². The second-order valence-corrected chi connectivity index (χ2v) is 6.45. The van der Waals surface area contributed by atoms with Crippen LogP contribution in [0.1, 0.15) is 5.56 Å². The van der Waals surface area contributed by atoms with Crippen LogP contribution in [0.3, 0.4) is 0 Å². The second-order valence-electron chi connectivity index (χ2n) is 3.92. The molecule has 0 fully saturated rings. The Morgan fingerprint density at radius 2 is 1.72 bits per heavy atom. The summed E-state index contributed by atoms with van der Waals surface area (Å²) in [6, 6.07) is 10.6. The van der Waals surface area contributed by atoms with E-state index in [-0.39, 0.29) is 16.0 Å². The molecule has 0 saturated heterocycles. The zero-order valence-corrected chi connectivity index (χ0v) is 11.1. The minimum atomic E-state index is -3.91. The fourth-order valence-corrected chi connectivity index (χ4v) is 2.81. The van der Waals surface area contributed by atoms with Crippen LogP contribution in [0.2, 0.25) is 0 Å². The van der Waals surface area contributed by atoms with Crippen LogP contribution >= 0.6 is 10.7 Å². The molecule has 0 N–H and O–H groups in total. The van der Waals surface area contributed by atoms with Gasteiger partial charge < -0.3 is 0 Å². The molecule has 0 aromatic heterocycles. The Morgan fingerprint density at radius 3 is 2.33 bits per heavy atom. The van der Waals surface area contributed by atoms with Crippen LogP contribution in [0.25, 0.3) is 11.1 Å². The molecule has 0 aliphatic rings. The molecule has 2 rings (SSSR count). The Labute approximate surface area is 109 Å². The van der Waals surface area contributed by atoms with Gasteiger partial charge in [0.15, 0.2) is 0 Å². The normalized spacial score (nSPS) is 11.5. The highest BCUT2D eigenvalue weighted by Gasteiger charge is 2.18. The van der Waals surface area contributed by atoms with Crippen LogP contribution < -0.4 is 0 Å². The van der Waals surface area contributed by atoms with Crippen molar-refractivity contribution in [2.75, 3.05) is 0 Å². The molecule has 0 spiro atoms. The van der Waals surface area contributed by atoms with Gasteiger partial charge in [-0.3, -0.25) is 0 Å². The van der Waals surface area contributed by atoms with E-state index < -0.39 is 14.9 Å². The van der Waals surface area contributed by atoms with E-state index >= 15 is 0 Å². The molecule has 0 bridgehead atoms. The van der Waals surface area contributed by atoms with E-state index in [9.17, 15) is 12.8 Å². The molecule has 0 aliphatic heterocycles. The summed E-state index contributed by atoms with van der Waals surface area (Å²) in [6.45, 7) is 1.80. The monoisotopic (exact) mass is 284 g/mol. The molecule has 2 nitrogen and oxygen atoms in total. The molecular formula is C13H10ClFO2S. The van der Waals surface area contributed by atoms with Crippen molar-refractivity contribution >= 4 is 19.7 Å². The number of hydrogen-bond acceptors (Lipinski definition) is 2. The minimum Gasteiger partial charge on any atom is -0.207 e. The van der Waals surface area contributed by atoms with E-state index in [2.05, 4.69) is 0 Å². The first-order chi connectivity index (χ1) is 8.39. The molecule has 0 unspecified atom stereocenters. The Bertz CT molecular complexity index is 696. The van der Waals surface area contributed by atoms with Crippen molar-refractivity contribution < 1.29 is 12.8 Å². The van der Waals surface area contributed by atoms with Gasteiger partial charge in [-0.05, 0) is 25.1 Å². The molecule has 0 aliphatic carbocycles. The number of halogens is 2. The van der Waals surface area contributed by atoms with Crippen LogP contribution in [-0.2, 0) is 9.05 Å². The Kier molecular flexibility index (Phi) is 3.41. The van der Waals surface area contributed by atoms with Crippen LogP contribution in [0.4, 0.5) is 4.39 Å². The van der Waals surface area contributed by atoms with Gasteiger partial charge in [0.25, 0.3) is 9.05 Å². The van der Waals surface area contributed by atoms with Gasteiger partial charge in [-0.2, -0.15) is 0 Å². The summed E-state index contributed by atoms with van der Waals surface area (Å²) in [5.41, 5.74) is 1.33. The van der Waals surface area contributed by atoms with Crippen molar-refractivity contribution in [1.82, 2.24) is 0 Å². The number of aryl methyl sites for hydroxylation is 1. The predicted molar refractivity (Wildman–Crippen MR) is 69.6 cm³/mol. The Morgan fingerprint density at radius 1 is 1.06 bits per heavy atom. The van der Waals surface area contributed by atoms with Gasteiger partial charge in [-0.1, -0.05) is 29.8 Å². The van der Waals surface area contributed by atoms with Crippen molar-refractivity contribution in [3.8, 4) is 11.1 Å². The lowest BCUT2D eigenvalue weighted by molar-refractivity contribution is 0.609. The smallest absolute Gasteiger partial charge is 0.207 e. The van der Waals surface area contributed by atoms with E-state index in [0.29, 0.717) is 0 Å². The summed E-state index contributed by atoms with van der Waals surface area (Å²) in [5.74, 6) is -0.482. The van der Waals surface area contributed by atoms with Gasteiger partial charge in [-0.25, -0.2) is 12.8 Å². The summed E-state index contributed by atoms with van der Waals surface area (Å²) < 4.78 is 36.7. The maximum Gasteiger partial charge on any atom is 0.261 e. The third kappa shape index (κ3) is 2.54. The SMILES string of the molecule is Cc1ccc(S(=O)(=O)Cl)c(-c2ccccc2F)c1. The molecule has 5 heteroatoms. The van der Waals surface area contributed by atoms with Gasteiger partial charge >= 0.3 is 0 Å². The molecule has 2 aromatic carbocycles. The van der Waals surface area contributed by atoms with Crippen molar-refractivity contribution in [1.29, 1.82) is 0 Å². The fraction of sp³-hybridized carbons (Fsp3) is 0.0769. The third-order valence-electron chi connectivity index (χ3n) is 2.56. The quantitative estimate of drug-likeness (QED) is 0.788. The second kappa shape index (κ2) is 4.71. The molecule has 0 amide bonds. The molecule has 0 radical (unpaired) electrons. The van der Waals surface area contributed by atoms with E-state index in [1.807, 2.05) is 0 Å². The van der Waals surface area contributed by atoms with E-state index in [4.69, 9.17) is 10.7 Å². The molecule has 18 heavy (non-hydrogen) atoms. The largest absolute Gasteiger partial charge is 0.261 e. The van der Waals surface area contributed by atoms with E-state index in [1.54, 1.807) is 31.2 Å². The number of rotatable bonds is 2. The highest BCUT2D eigenvalue weighted by molar-refractivity contribution is 8.13. The molecular weight excluding hydrogens is 275 g/mol. The number of hydrogen-bond donors (Lipinski definition) is 0. The molecule has 2 aromatic rings. The highest BCUT2D eigenvalue weighted by Crippen LogP contribution is 2.32. The summed E-state index contributed by atoms with van der Waals surface area (Å²) in [4.78, 5) is -0.0835. The lowest BCUT2D eigenvalue weighted by Gasteiger charge is -2.09. The van der Waals surface area contributed by atoms with Crippen LogP contribution in [0.5, 0.6) is 0 Å². The van der Waals surface area contributed by atoms with Crippen LogP contribution in [-0.4, -0.2) is 8.42 Å². The predicted octanol–water partition coefficient (Wildman–Crippen LogP) is 3.73. The van der Waals surface area contributed by atoms with Crippen LogP contribution in [0.15, 0.2) is 47.4 Å². The standard InChI is InChI=1S/C13H10ClFO2S/c1-9-6-7-13(18(14,16)17)11(8-9)10-4-2-3-5-12(10)15/h2-8H,1H3. The minimum absolute atomic E-state index is 0.0835. The highest BCUT2D eigenvalue weighted by atomic mass is 35.7. The summed E-state index contributed by atoms with van der Waals surface area (Å²) >= 11 is 0. The average molecular weight is 285 g/mol. The van der Waals surface area contributed by atoms with Crippen molar-refractivity contribution in [3.63, 3.8) is 0 Å². The van der Waals surface area contributed by atoms with E-state index in [1.165, 1.54) is 18.2 Å². The average Bonchev–Trinajstić information content (AvgIpc) is 2.27. The summed E-state index contributed by atoms with van der Waals surface area (Å²) in [5, 5.41) is 0. The zero-order chi connectivity index (χ0) is 13.3. The molecule has 94 valence electrons. The topological polar surface area (TPSA) is 34.1 Å². The lowest BCUT2D eigenvalue weighted by atomic mass is 10.0. The van der Waals surface area contributed by atoms with Gasteiger partial charge in [0.1, 0.15) is 5.82 Å². The summed E-state index contributed by atoms with van der Waals surface area (Å²) in [6.07, 6.45) is 0. The molecule has 0 heterocycles. The summed E-state index contributed by atoms with van der Waals surface area (Å²) in [7, 11) is 1.46. The molecule has 0 saturated carbocycles. The van der Waals surface area contributed by atoms with Gasteiger partial charge in [0.2, 0.25) is 0 Å². The van der Waals surface area contributed by atoms with Crippen molar-refractivity contribution in [3.05, 3.63) is 53.8 Å². The Hall–Kier alpha value is -1.39. The van der Waals surface area contributed by atoms with E-state index in [0.717, 1.165) is 5.56 Å². The zero-order valence-electron chi connectivity index (χ0n) is 9.52. The first-order valence-electron chi connectivity index (χ1n) is 5.20.